The van der Waals surface area contributed by atoms with Gasteiger partial charge in [-0.25, -0.2) is 0 Å². The standard InChI is InChI=1S/C13H26N2O4/c1-5-13(8-16,9-17)15-10(18)6-7-14-11(19)12(2,3)4/h16-17H,5-9H2,1-4H3,(H,14,19)(H,15,18). The van der Waals surface area contributed by atoms with Crippen LogP contribution in [0.4, 0.5) is 0 Å². The van der Waals surface area contributed by atoms with Crippen molar-refractivity contribution in [2.75, 3.05) is 19.8 Å². The molecule has 6 nitrogen and oxygen atoms in total. The minimum absolute atomic E-state index is 0.115. The summed E-state index contributed by atoms with van der Waals surface area (Å²) in [4.78, 5) is 23.3. The van der Waals surface area contributed by atoms with E-state index in [-0.39, 0.29) is 38.0 Å². The molecule has 0 bridgehead atoms. The van der Waals surface area contributed by atoms with Gasteiger partial charge in [-0.2, -0.15) is 0 Å². The first-order valence-electron chi connectivity index (χ1n) is 6.52. The van der Waals surface area contributed by atoms with E-state index < -0.39 is 11.0 Å². The number of rotatable bonds is 7. The van der Waals surface area contributed by atoms with Crippen LogP contribution in [0.25, 0.3) is 0 Å². The summed E-state index contributed by atoms with van der Waals surface area (Å²) >= 11 is 0. The fourth-order valence-electron chi connectivity index (χ4n) is 1.35. The third kappa shape index (κ3) is 6.02. The predicted molar refractivity (Wildman–Crippen MR) is 72.4 cm³/mol. The van der Waals surface area contributed by atoms with Crippen molar-refractivity contribution in [2.45, 2.75) is 46.1 Å². The Morgan fingerprint density at radius 1 is 1.11 bits per heavy atom. The van der Waals surface area contributed by atoms with Gasteiger partial charge in [0.2, 0.25) is 11.8 Å². The second-order valence-electron chi connectivity index (χ2n) is 5.75. The van der Waals surface area contributed by atoms with Crippen LogP contribution in [-0.4, -0.2) is 47.3 Å². The lowest BCUT2D eigenvalue weighted by molar-refractivity contribution is -0.128. The molecule has 0 aliphatic heterocycles. The van der Waals surface area contributed by atoms with E-state index in [0.717, 1.165) is 0 Å². The topological polar surface area (TPSA) is 98.7 Å². The zero-order chi connectivity index (χ0) is 15.1. The number of hydrogen-bond acceptors (Lipinski definition) is 4. The van der Waals surface area contributed by atoms with E-state index in [1.807, 2.05) is 0 Å². The highest BCUT2D eigenvalue weighted by Crippen LogP contribution is 2.12. The number of carbonyl (C=O) groups is 2. The lowest BCUT2D eigenvalue weighted by atomic mass is 9.95. The van der Waals surface area contributed by atoms with Crippen molar-refractivity contribution in [3.8, 4) is 0 Å². The second kappa shape index (κ2) is 7.45. The number of amides is 2. The molecule has 0 aliphatic carbocycles. The van der Waals surface area contributed by atoms with Gasteiger partial charge >= 0.3 is 0 Å². The summed E-state index contributed by atoms with van der Waals surface area (Å²) < 4.78 is 0. The molecule has 0 aromatic rings. The van der Waals surface area contributed by atoms with E-state index in [4.69, 9.17) is 0 Å². The molecule has 0 fully saturated rings. The quantitative estimate of drug-likeness (QED) is 0.516. The number of nitrogens with one attached hydrogen (secondary N) is 2. The predicted octanol–water partition coefficient (Wildman–Crippen LogP) is -0.212. The van der Waals surface area contributed by atoms with E-state index in [0.29, 0.717) is 6.42 Å². The molecule has 0 radical (unpaired) electrons. The average Bonchev–Trinajstić information content (AvgIpc) is 2.35. The van der Waals surface area contributed by atoms with Gasteiger partial charge in [0.15, 0.2) is 0 Å². The third-order valence-electron chi connectivity index (χ3n) is 3.01. The lowest BCUT2D eigenvalue weighted by Crippen LogP contribution is -2.54. The summed E-state index contributed by atoms with van der Waals surface area (Å²) in [6.45, 7) is 6.75. The molecule has 0 atom stereocenters. The Bertz CT molecular complexity index is 298. The van der Waals surface area contributed by atoms with Gasteiger partial charge in [-0.05, 0) is 6.42 Å². The van der Waals surface area contributed by atoms with Gasteiger partial charge < -0.3 is 20.8 Å². The molecule has 0 aliphatic rings. The Labute approximate surface area is 114 Å². The van der Waals surface area contributed by atoms with Crippen molar-refractivity contribution >= 4 is 11.8 Å². The Hall–Kier alpha value is -1.14. The van der Waals surface area contributed by atoms with Crippen LogP contribution >= 0.6 is 0 Å². The third-order valence-corrected chi connectivity index (χ3v) is 3.01. The first-order valence-corrected chi connectivity index (χ1v) is 6.52. The summed E-state index contributed by atoms with van der Waals surface area (Å²) in [5.41, 5.74) is -1.47. The van der Waals surface area contributed by atoms with Crippen LogP contribution < -0.4 is 10.6 Å². The van der Waals surface area contributed by atoms with Gasteiger partial charge in [-0.3, -0.25) is 9.59 Å². The van der Waals surface area contributed by atoms with Crippen molar-refractivity contribution in [2.24, 2.45) is 5.41 Å². The van der Waals surface area contributed by atoms with Crippen molar-refractivity contribution in [3.63, 3.8) is 0 Å². The minimum atomic E-state index is -0.981. The first-order chi connectivity index (χ1) is 8.70. The van der Waals surface area contributed by atoms with Crippen LogP contribution in [-0.2, 0) is 9.59 Å². The van der Waals surface area contributed by atoms with Crippen LogP contribution in [0.2, 0.25) is 0 Å². The average molecular weight is 274 g/mol. The number of aliphatic hydroxyl groups is 2. The maximum Gasteiger partial charge on any atom is 0.225 e. The van der Waals surface area contributed by atoms with Gasteiger partial charge in [0, 0.05) is 18.4 Å². The molecule has 0 rings (SSSR count). The fourth-order valence-corrected chi connectivity index (χ4v) is 1.35. The summed E-state index contributed by atoms with van der Waals surface area (Å²) in [7, 11) is 0. The number of hydrogen-bond donors (Lipinski definition) is 4. The van der Waals surface area contributed by atoms with Crippen LogP contribution in [0.5, 0.6) is 0 Å². The monoisotopic (exact) mass is 274 g/mol. The van der Waals surface area contributed by atoms with E-state index >= 15 is 0 Å². The zero-order valence-corrected chi connectivity index (χ0v) is 12.2. The lowest BCUT2D eigenvalue weighted by Gasteiger charge is -2.29. The van der Waals surface area contributed by atoms with Gasteiger partial charge in [-0.1, -0.05) is 27.7 Å². The van der Waals surface area contributed by atoms with Gasteiger partial charge in [-0.15, -0.1) is 0 Å². The fraction of sp³-hybridized carbons (Fsp3) is 0.846. The Morgan fingerprint density at radius 3 is 2.00 bits per heavy atom. The smallest absolute Gasteiger partial charge is 0.225 e. The molecule has 0 unspecified atom stereocenters. The van der Waals surface area contributed by atoms with Crippen LogP contribution in [0.3, 0.4) is 0 Å². The Balaban J connectivity index is 4.17. The number of aliphatic hydroxyl groups excluding tert-OH is 2. The Morgan fingerprint density at radius 2 is 1.63 bits per heavy atom. The highest BCUT2D eigenvalue weighted by Gasteiger charge is 2.28. The number of carbonyl (C=O) groups excluding carboxylic acids is 2. The SMILES string of the molecule is CCC(CO)(CO)NC(=O)CCNC(=O)C(C)(C)C. The summed E-state index contributed by atoms with van der Waals surface area (Å²) in [6.07, 6.45) is 0.545. The highest BCUT2D eigenvalue weighted by atomic mass is 16.3. The van der Waals surface area contributed by atoms with E-state index in [1.54, 1.807) is 27.7 Å². The first kappa shape index (κ1) is 17.9. The molecule has 4 N–H and O–H groups in total. The van der Waals surface area contributed by atoms with Crippen LogP contribution in [0.1, 0.15) is 40.5 Å². The van der Waals surface area contributed by atoms with E-state index in [2.05, 4.69) is 10.6 Å². The van der Waals surface area contributed by atoms with Crippen molar-refractivity contribution in [1.82, 2.24) is 10.6 Å². The van der Waals surface area contributed by atoms with Crippen LogP contribution in [0.15, 0.2) is 0 Å². The van der Waals surface area contributed by atoms with Gasteiger partial charge in [0.25, 0.3) is 0 Å². The largest absolute Gasteiger partial charge is 0.394 e. The Kier molecular flexibility index (Phi) is 7.00. The summed E-state index contributed by atoms with van der Waals surface area (Å²) in [6, 6.07) is 0. The normalized spacial score (nSPS) is 12.1. The second-order valence-corrected chi connectivity index (χ2v) is 5.75. The molecular formula is C13H26N2O4. The van der Waals surface area contributed by atoms with Crippen molar-refractivity contribution in [1.29, 1.82) is 0 Å². The van der Waals surface area contributed by atoms with Crippen LogP contribution in [0, 0.1) is 5.41 Å². The maximum absolute atomic E-state index is 11.7. The van der Waals surface area contributed by atoms with Crippen molar-refractivity contribution < 1.29 is 19.8 Å². The molecule has 0 spiro atoms. The van der Waals surface area contributed by atoms with Gasteiger partial charge in [0.05, 0.1) is 18.8 Å². The van der Waals surface area contributed by atoms with E-state index in [9.17, 15) is 19.8 Å². The molecule has 2 amide bonds. The molecule has 19 heavy (non-hydrogen) atoms. The van der Waals surface area contributed by atoms with E-state index in [1.165, 1.54) is 0 Å². The molecule has 112 valence electrons. The molecule has 6 heteroatoms. The minimum Gasteiger partial charge on any atom is -0.394 e. The molecule has 0 saturated carbocycles. The maximum atomic E-state index is 11.7. The zero-order valence-electron chi connectivity index (χ0n) is 12.2. The highest BCUT2D eigenvalue weighted by molar-refractivity contribution is 5.82. The summed E-state index contributed by atoms with van der Waals surface area (Å²) in [5, 5.41) is 23.7. The van der Waals surface area contributed by atoms with Gasteiger partial charge in [0.1, 0.15) is 0 Å². The summed E-state index contributed by atoms with van der Waals surface area (Å²) in [5.74, 6) is -0.425. The molecule has 0 aromatic heterocycles. The molecule has 0 saturated heterocycles. The van der Waals surface area contributed by atoms with Crippen molar-refractivity contribution in [3.05, 3.63) is 0 Å². The molecular weight excluding hydrogens is 248 g/mol. The molecule has 0 heterocycles. The molecule has 0 aromatic carbocycles.